The number of halogens is 1. The summed E-state index contributed by atoms with van der Waals surface area (Å²) in [5.74, 6) is 1.27. The summed E-state index contributed by atoms with van der Waals surface area (Å²) in [6.45, 7) is 2.01. The molecule has 0 N–H and O–H groups in total. The summed E-state index contributed by atoms with van der Waals surface area (Å²) in [6, 6.07) is 0. The molecule has 13 heavy (non-hydrogen) atoms. The van der Waals surface area contributed by atoms with E-state index in [0.717, 1.165) is 11.1 Å². The molecule has 0 aromatic carbocycles. The van der Waals surface area contributed by atoms with E-state index in [1.807, 2.05) is 17.7 Å². The third-order valence-electron chi connectivity index (χ3n) is 1.67. The predicted octanol–water partition coefficient (Wildman–Crippen LogP) is 2.85. The van der Waals surface area contributed by atoms with E-state index in [1.54, 1.807) is 11.3 Å². The molecule has 2 heterocycles. The average molecular weight is 215 g/mol. The van der Waals surface area contributed by atoms with Crippen molar-refractivity contribution in [1.82, 2.24) is 10.2 Å². The Labute approximate surface area is 84.4 Å². The van der Waals surface area contributed by atoms with E-state index in [4.69, 9.17) is 16.0 Å². The fraction of sp³-hybridized carbons (Fsp3) is 0.250. The second-order valence-corrected chi connectivity index (χ2v) is 3.61. The highest BCUT2D eigenvalue weighted by Gasteiger charge is 2.10. The first-order valence-corrected chi connectivity index (χ1v) is 5.20. The topological polar surface area (TPSA) is 38.9 Å². The molecule has 0 aliphatic carbocycles. The summed E-state index contributed by atoms with van der Waals surface area (Å²) >= 11 is 7.16. The lowest BCUT2D eigenvalue weighted by Crippen LogP contribution is -1.76. The first-order chi connectivity index (χ1) is 6.31. The maximum Gasteiger partial charge on any atom is 0.248 e. The zero-order valence-corrected chi connectivity index (χ0v) is 8.52. The Bertz CT molecular complexity index is 410. The molecule has 2 aromatic rings. The molecule has 0 unspecified atom stereocenters. The van der Waals surface area contributed by atoms with Gasteiger partial charge in [-0.2, -0.15) is 11.3 Å². The quantitative estimate of drug-likeness (QED) is 0.722. The standard InChI is InChI=1S/C8H7ClN2OS/c1-5-3-13-4-6(5)8-11-10-7(2-9)12-8/h3-4H,2H2,1H3. The van der Waals surface area contributed by atoms with Gasteiger partial charge in [-0.1, -0.05) is 0 Å². The van der Waals surface area contributed by atoms with Crippen LogP contribution in [-0.4, -0.2) is 10.2 Å². The summed E-state index contributed by atoms with van der Waals surface area (Å²) in [5, 5.41) is 11.7. The summed E-state index contributed by atoms with van der Waals surface area (Å²) in [7, 11) is 0. The first-order valence-electron chi connectivity index (χ1n) is 3.73. The van der Waals surface area contributed by atoms with Crippen molar-refractivity contribution in [3.05, 3.63) is 22.2 Å². The van der Waals surface area contributed by atoms with Gasteiger partial charge >= 0.3 is 0 Å². The number of aromatic nitrogens is 2. The summed E-state index contributed by atoms with van der Waals surface area (Å²) < 4.78 is 5.31. The van der Waals surface area contributed by atoms with E-state index in [0.29, 0.717) is 11.8 Å². The van der Waals surface area contributed by atoms with Gasteiger partial charge in [-0.15, -0.1) is 21.8 Å². The molecule has 2 rings (SSSR count). The van der Waals surface area contributed by atoms with Gasteiger partial charge < -0.3 is 4.42 Å². The molecule has 3 nitrogen and oxygen atoms in total. The van der Waals surface area contributed by atoms with E-state index in [1.165, 1.54) is 0 Å². The van der Waals surface area contributed by atoms with E-state index in [2.05, 4.69) is 10.2 Å². The molecule has 0 atom stereocenters. The van der Waals surface area contributed by atoms with Crippen LogP contribution >= 0.6 is 22.9 Å². The lowest BCUT2D eigenvalue weighted by molar-refractivity contribution is 0.527. The Hall–Kier alpha value is -0.870. The normalized spacial score (nSPS) is 10.6. The Morgan fingerprint density at radius 3 is 2.85 bits per heavy atom. The zero-order chi connectivity index (χ0) is 9.26. The number of nitrogens with zero attached hydrogens (tertiary/aromatic N) is 2. The summed E-state index contributed by atoms with van der Waals surface area (Å²) in [6.07, 6.45) is 0. The average Bonchev–Trinajstić information content (AvgIpc) is 2.71. The highest BCUT2D eigenvalue weighted by Crippen LogP contribution is 2.25. The number of rotatable bonds is 2. The second kappa shape index (κ2) is 3.47. The van der Waals surface area contributed by atoms with Crippen molar-refractivity contribution in [3.63, 3.8) is 0 Å². The lowest BCUT2D eigenvalue weighted by Gasteiger charge is -1.89. The third kappa shape index (κ3) is 1.59. The van der Waals surface area contributed by atoms with Gasteiger partial charge in [0.25, 0.3) is 0 Å². The maximum atomic E-state index is 5.55. The fourth-order valence-electron chi connectivity index (χ4n) is 0.996. The van der Waals surface area contributed by atoms with Gasteiger partial charge in [-0.05, 0) is 17.9 Å². The molecule has 68 valence electrons. The number of thiophene rings is 1. The molecule has 0 fully saturated rings. The van der Waals surface area contributed by atoms with Crippen molar-refractivity contribution in [2.45, 2.75) is 12.8 Å². The number of alkyl halides is 1. The minimum Gasteiger partial charge on any atom is -0.419 e. The summed E-state index contributed by atoms with van der Waals surface area (Å²) in [5.41, 5.74) is 2.14. The molecule has 5 heteroatoms. The van der Waals surface area contributed by atoms with E-state index >= 15 is 0 Å². The molecule has 0 aliphatic heterocycles. The van der Waals surface area contributed by atoms with Crippen LogP contribution < -0.4 is 0 Å². The number of aryl methyl sites for hydroxylation is 1. The zero-order valence-electron chi connectivity index (χ0n) is 6.95. The molecule has 0 saturated heterocycles. The highest BCUT2D eigenvalue weighted by atomic mass is 35.5. The van der Waals surface area contributed by atoms with Crippen molar-refractivity contribution in [2.24, 2.45) is 0 Å². The van der Waals surface area contributed by atoms with Crippen LogP contribution in [0.4, 0.5) is 0 Å². The second-order valence-electron chi connectivity index (χ2n) is 2.60. The van der Waals surface area contributed by atoms with Crippen molar-refractivity contribution in [1.29, 1.82) is 0 Å². The molecule has 2 aromatic heterocycles. The Morgan fingerprint density at radius 2 is 2.31 bits per heavy atom. The highest BCUT2D eigenvalue weighted by molar-refractivity contribution is 7.08. The molecular formula is C8H7ClN2OS. The van der Waals surface area contributed by atoms with Gasteiger partial charge in [0, 0.05) is 5.38 Å². The van der Waals surface area contributed by atoms with Gasteiger partial charge in [-0.3, -0.25) is 0 Å². The molecular weight excluding hydrogens is 208 g/mol. The van der Waals surface area contributed by atoms with Crippen LogP contribution in [0.15, 0.2) is 15.2 Å². The third-order valence-corrected chi connectivity index (χ3v) is 2.76. The number of hydrogen-bond acceptors (Lipinski definition) is 4. The molecule has 0 saturated carbocycles. The molecule has 0 amide bonds. The SMILES string of the molecule is Cc1cscc1-c1nnc(CCl)o1. The Morgan fingerprint density at radius 1 is 1.46 bits per heavy atom. The molecule has 0 bridgehead atoms. The minimum absolute atomic E-state index is 0.260. The van der Waals surface area contributed by atoms with Crippen LogP contribution in [0.25, 0.3) is 11.5 Å². The van der Waals surface area contributed by atoms with E-state index in [9.17, 15) is 0 Å². The van der Waals surface area contributed by atoms with Gasteiger partial charge in [-0.25, -0.2) is 0 Å². The molecule has 0 spiro atoms. The maximum absolute atomic E-state index is 5.55. The molecule has 0 radical (unpaired) electrons. The minimum atomic E-state index is 0.260. The van der Waals surface area contributed by atoms with Gasteiger partial charge in [0.1, 0.15) is 5.88 Å². The van der Waals surface area contributed by atoms with E-state index < -0.39 is 0 Å². The smallest absolute Gasteiger partial charge is 0.248 e. The van der Waals surface area contributed by atoms with Crippen LogP contribution in [-0.2, 0) is 5.88 Å². The Balaban J connectivity index is 2.41. The van der Waals surface area contributed by atoms with Gasteiger partial charge in [0.2, 0.25) is 11.8 Å². The monoisotopic (exact) mass is 214 g/mol. The largest absolute Gasteiger partial charge is 0.419 e. The molecule has 0 aliphatic rings. The van der Waals surface area contributed by atoms with Crippen LogP contribution in [0.5, 0.6) is 0 Å². The van der Waals surface area contributed by atoms with Crippen molar-refractivity contribution < 1.29 is 4.42 Å². The van der Waals surface area contributed by atoms with E-state index in [-0.39, 0.29) is 5.88 Å². The van der Waals surface area contributed by atoms with Crippen LogP contribution in [0.1, 0.15) is 11.5 Å². The first kappa shape index (κ1) is 8.72. The Kier molecular flexibility index (Phi) is 2.33. The summed E-state index contributed by atoms with van der Waals surface area (Å²) in [4.78, 5) is 0. The fourth-order valence-corrected chi connectivity index (χ4v) is 1.93. The van der Waals surface area contributed by atoms with Crippen LogP contribution in [0.3, 0.4) is 0 Å². The van der Waals surface area contributed by atoms with Crippen molar-refractivity contribution in [2.75, 3.05) is 0 Å². The van der Waals surface area contributed by atoms with Crippen molar-refractivity contribution in [3.8, 4) is 11.5 Å². The number of hydrogen-bond donors (Lipinski definition) is 0. The van der Waals surface area contributed by atoms with Gasteiger partial charge in [0.05, 0.1) is 5.56 Å². The van der Waals surface area contributed by atoms with Crippen LogP contribution in [0, 0.1) is 6.92 Å². The van der Waals surface area contributed by atoms with Crippen LogP contribution in [0.2, 0.25) is 0 Å². The van der Waals surface area contributed by atoms with Crippen molar-refractivity contribution >= 4 is 22.9 Å². The predicted molar refractivity (Wildman–Crippen MR) is 51.9 cm³/mol. The van der Waals surface area contributed by atoms with Gasteiger partial charge in [0.15, 0.2) is 0 Å². The lowest BCUT2D eigenvalue weighted by atomic mass is 10.2.